The van der Waals surface area contributed by atoms with Crippen LogP contribution in [0.2, 0.25) is 0 Å². The van der Waals surface area contributed by atoms with Crippen molar-refractivity contribution in [3.8, 4) is 17.6 Å². The Morgan fingerprint density at radius 2 is 1.77 bits per heavy atom. The van der Waals surface area contributed by atoms with Gasteiger partial charge in [0.1, 0.15) is 5.82 Å². The first kappa shape index (κ1) is 23.8. The minimum Gasteiger partial charge on any atom is -0.493 e. The van der Waals surface area contributed by atoms with Gasteiger partial charge in [-0.1, -0.05) is 19.9 Å². The molecule has 0 saturated carbocycles. The number of nitrogens with zero attached hydrogens (tertiary/aromatic N) is 3. The van der Waals surface area contributed by atoms with Crippen molar-refractivity contribution in [3.05, 3.63) is 80.8 Å². The average Bonchev–Trinajstić information content (AvgIpc) is 2.82. The largest absolute Gasteiger partial charge is 0.493 e. The molecule has 2 aliphatic rings. The molecule has 9 heteroatoms. The number of carbonyl (C=O) groups is 1. The molecule has 2 aromatic rings. The van der Waals surface area contributed by atoms with Crippen LogP contribution in [0.1, 0.15) is 38.2 Å². The van der Waals surface area contributed by atoms with E-state index in [1.165, 1.54) is 26.4 Å². The molecule has 0 radical (unpaired) electrons. The molecular formula is C26H26N4O5. The Kier molecular flexibility index (Phi) is 5.99. The van der Waals surface area contributed by atoms with Crippen molar-refractivity contribution in [2.75, 3.05) is 19.1 Å². The van der Waals surface area contributed by atoms with E-state index in [0.717, 1.165) is 0 Å². The summed E-state index contributed by atoms with van der Waals surface area (Å²) in [5.74, 6) is 0.450. The van der Waals surface area contributed by atoms with Gasteiger partial charge in [-0.25, -0.2) is 0 Å². The minimum absolute atomic E-state index is 0.0636. The number of nitro groups is 1. The van der Waals surface area contributed by atoms with E-state index >= 15 is 0 Å². The number of ketones is 1. The van der Waals surface area contributed by atoms with Crippen LogP contribution in [0.15, 0.2) is 65.1 Å². The lowest BCUT2D eigenvalue weighted by Gasteiger charge is -2.43. The Bertz CT molecular complexity index is 1320. The summed E-state index contributed by atoms with van der Waals surface area (Å²) in [6, 6.07) is 13.4. The lowest BCUT2D eigenvalue weighted by atomic mass is 9.68. The second kappa shape index (κ2) is 8.80. The molecule has 1 atom stereocenters. The van der Waals surface area contributed by atoms with E-state index in [1.807, 2.05) is 13.8 Å². The topological polar surface area (TPSA) is 132 Å². The Balaban J connectivity index is 1.96. The summed E-state index contributed by atoms with van der Waals surface area (Å²) in [4.78, 5) is 25.9. The summed E-state index contributed by atoms with van der Waals surface area (Å²) in [6.45, 7) is 4.02. The van der Waals surface area contributed by atoms with E-state index < -0.39 is 10.8 Å². The number of carbonyl (C=O) groups excluding carboxylic acids is 1. The summed E-state index contributed by atoms with van der Waals surface area (Å²) in [5, 5.41) is 21.3. The van der Waals surface area contributed by atoms with Crippen molar-refractivity contribution >= 4 is 17.2 Å². The Morgan fingerprint density at radius 3 is 2.34 bits per heavy atom. The molecule has 9 nitrogen and oxygen atoms in total. The summed E-state index contributed by atoms with van der Waals surface area (Å²) < 4.78 is 10.8. The van der Waals surface area contributed by atoms with Crippen LogP contribution in [0, 0.1) is 26.9 Å². The van der Waals surface area contributed by atoms with E-state index in [-0.39, 0.29) is 28.3 Å². The molecule has 0 amide bonds. The number of methoxy groups -OCH3 is 2. The number of allylic oxidation sites excluding steroid dienone is 3. The number of benzene rings is 2. The number of nitriles is 1. The molecular weight excluding hydrogens is 448 g/mol. The zero-order chi connectivity index (χ0) is 25.5. The maximum atomic E-state index is 13.6. The standard InChI is InChI=1S/C26H26N4O5/c1-26(2)12-19-24(20(31)13-26)23(15-5-10-21(34-3)22(11-15)35-4)18(14-27)25(28)29(19)16-6-8-17(9-7-16)30(32)33/h5-11,23H,12-13,28H2,1-4H3/t23-/m0/s1. The number of ether oxygens (including phenoxy) is 2. The summed E-state index contributed by atoms with van der Waals surface area (Å²) in [5.41, 5.74) is 8.86. The van der Waals surface area contributed by atoms with Gasteiger partial charge in [0, 0.05) is 35.5 Å². The molecule has 1 heterocycles. The molecule has 1 aliphatic carbocycles. The Hall–Kier alpha value is -4.32. The molecule has 180 valence electrons. The predicted octanol–water partition coefficient (Wildman–Crippen LogP) is 4.55. The summed E-state index contributed by atoms with van der Waals surface area (Å²) in [6.07, 6.45) is 0.858. The van der Waals surface area contributed by atoms with Crippen LogP contribution >= 0.6 is 0 Å². The second-order valence-corrected chi connectivity index (χ2v) is 9.37. The summed E-state index contributed by atoms with van der Waals surface area (Å²) in [7, 11) is 3.05. The van der Waals surface area contributed by atoms with Gasteiger partial charge in [-0.2, -0.15) is 5.26 Å². The normalized spacial score (nSPS) is 19.2. The quantitative estimate of drug-likeness (QED) is 0.493. The van der Waals surface area contributed by atoms with Crippen molar-refractivity contribution in [1.82, 2.24) is 0 Å². The first-order valence-electron chi connectivity index (χ1n) is 11.0. The highest BCUT2D eigenvalue weighted by atomic mass is 16.6. The average molecular weight is 475 g/mol. The van der Waals surface area contributed by atoms with Crippen LogP contribution in [0.25, 0.3) is 0 Å². The fourth-order valence-corrected chi connectivity index (χ4v) is 4.89. The third-order valence-electron chi connectivity index (χ3n) is 6.44. The van der Waals surface area contributed by atoms with Crippen LogP contribution in [-0.2, 0) is 4.79 Å². The Morgan fingerprint density at radius 1 is 1.11 bits per heavy atom. The third-order valence-corrected chi connectivity index (χ3v) is 6.44. The van der Waals surface area contributed by atoms with Gasteiger partial charge in [0.05, 0.1) is 36.7 Å². The highest BCUT2D eigenvalue weighted by molar-refractivity contribution is 6.01. The molecule has 2 aromatic carbocycles. The molecule has 0 saturated heterocycles. The van der Waals surface area contributed by atoms with Gasteiger partial charge in [-0.05, 0) is 41.7 Å². The lowest BCUT2D eigenvalue weighted by molar-refractivity contribution is -0.384. The smallest absolute Gasteiger partial charge is 0.269 e. The number of anilines is 1. The number of non-ortho nitro benzene ring substituents is 1. The number of hydrogen-bond donors (Lipinski definition) is 1. The van der Waals surface area contributed by atoms with Gasteiger partial charge >= 0.3 is 0 Å². The SMILES string of the molecule is COc1ccc([C@H]2C(C#N)=C(N)N(c3ccc([N+](=O)[O-])cc3)C3=C2C(=O)CC(C)(C)C3)cc1OC. The third kappa shape index (κ3) is 4.08. The molecule has 0 bridgehead atoms. The Labute approximate surface area is 203 Å². The van der Waals surface area contributed by atoms with E-state index in [9.17, 15) is 20.2 Å². The number of Topliss-reactive ketones (excluding diaryl/α,β-unsaturated/α-hetero) is 1. The van der Waals surface area contributed by atoms with Crippen LogP contribution < -0.4 is 20.1 Å². The van der Waals surface area contributed by atoms with Crippen molar-refractivity contribution < 1.29 is 19.2 Å². The van der Waals surface area contributed by atoms with Gasteiger partial charge < -0.3 is 15.2 Å². The zero-order valence-electron chi connectivity index (χ0n) is 20.0. The van der Waals surface area contributed by atoms with Gasteiger partial charge in [-0.3, -0.25) is 19.8 Å². The fourth-order valence-electron chi connectivity index (χ4n) is 4.89. The van der Waals surface area contributed by atoms with Gasteiger partial charge in [0.2, 0.25) is 0 Å². The molecule has 4 rings (SSSR count). The second-order valence-electron chi connectivity index (χ2n) is 9.37. The lowest BCUT2D eigenvalue weighted by Crippen LogP contribution is -2.42. The van der Waals surface area contributed by atoms with Crippen molar-refractivity contribution in [2.24, 2.45) is 11.1 Å². The van der Waals surface area contributed by atoms with Crippen LogP contribution in [0.3, 0.4) is 0 Å². The number of nitrogens with two attached hydrogens (primary N) is 1. The number of rotatable bonds is 5. The highest BCUT2D eigenvalue weighted by Crippen LogP contribution is 2.51. The van der Waals surface area contributed by atoms with Crippen LogP contribution in [0.4, 0.5) is 11.4 Å². The monoisotopic (exact) mass is 474 g/mol. The van der Waals surface area contributed by atoms with Crippen LogP contribution in [0.5, 0.6) is 11.5 Å². The molecule has 35 heavy (non-hydrogen) atoms. The highest BCUT2D eigenvalue weighted by Gasteiger charge is 2.44. The zero-order valence-corrected chi connectivity index (χ0v) is 20.0. The van der Waals surface area contributed by atoms with E-state index in [0.29, 0.717) is 46.9 Å². The van der Waals surface area contributed by atoms with Gasteiger partial charge in [-0.15, -0.1) is 0 Å². The fraction of sp³-hybridized carbons (Fsp3) is 0.308. The molecule has 0 fully saturated rings. The molecule has 0 aromatic heterocycles. The molecule has 1 aliphatic heterocycles. The van der Waals surface area contributed by atoms with Crippen molar-refractivity contribution in [3.63, 3.8) is 0 Å². The van der Waals surface area contributed by atoms with E-state index in [2.05, 4.69) is 6.07 Å². The number of hydrogen-bond acceptors (Lipinski definition) is 8. The van der Waals surface area contributed by atoms with E-state index in [1.54, 1.807) is 35.2 Å². The van der Waals surface area contributed by atoms with Crippen LogP contribution in [-0.4, -0.2) is 24.9 Å². The van der Waals surface area contributed by atoms with Crippen molar-refractivity contribution in [1.29, 1.82) is 5.26 Å². The first-order chi connectivity index (χ1) is 16.6. The maximum Gasteiger partial charge on any atom is 0.269 e. The molecule has 0 spiro atoms. The van der Waals surface area contributed by atoms with Gasteiger partial charge in [0.25, 0.3) is 5.69 Å². The summed E-state index contributed by atoms with van der Waals surface area (Å²) >= 11 is 0. The van der Waals surface area contributed by atoms with Gasteiger partial charge in [0.15, 0.2) is 17.3 Å². The number of nitro benzene ring substituents is 1. The maximum absolute atomic E-state index is 13.6. The molecule has 0 unspecified atom stereocenters. The minimum atomic E-state index is -0.673. The first-order valence-corrected chi connectivity index (χ1v) is 11.0. The predicted molar refractivity (Wildman–Crippen MR) is 130 cm³/mol. The van der Waals surface area contributed by atoms with E-state index in [4.69, 9.17) is 15.2 Å². The van der Waals surface area contributed by atoms with Crippen molar-refractivity contribution in [2.45, 2.75) is 32.6 Å². The molecule has 2 N–H and O–H groups in total.